The zero-order valence-electron chi connectivity index (χ0n) is 15.6. The number of carbonyl (C=O) groups is 2. The third-order valence-corrected chi connectivity index (χ3v) is 4.35. The summed E-state index contributed by atoms with van der Waals surface area (Å²) in [6.45, 7) is 2.22. The highest BCUT2D eigenvalue weighted by molar-refractivity contribution is 7.80. The second-order valence-electron chi connectivity index (χ2n) is 6.46. The van der Waals surface area contributed by atoms with Crippen LogP contribution in [0.2, 0.25) is 0 Å². The summed E-state index contributed by atoms with van der Waals surface area (Å²) in [4.78, 5) is 22.7. The molecule has 0 saturated carbocycles. The van der Waals surface area contributed by atoms with Crippen LogP contribution in [0.1, 0.15) is 81.5 Å². The summed E-state index contributed by atoms with van der Waals surface area (Å²) in [6, 6.07) is 6.19. The first-order chi connectivity index (χ1) is 12.5. The fourth-order valence-electron chi connectivity index (χ4n) is 2.64. The average Bonchev–Trinajstić information content (AvgIpc) is 2.60. The van der Waals surface area contributed by atoms with Gasteiger partial charge in [-0.15, -0.1) is 0 Å². The predicted molar refractivity (Wildman–Crippen MR) is 110 cm³/mol. The fraction of sp³-hybridized carbons (Fsp3) is 0.550. The fourth-order valence-corrected chi connectivity index (χ4v) is 2.88. The summed E-state index contributed by atoms with van der Waals surface area (Å²) >= 11 is 5.11. The molecule has 0 heterocycles. The van der Waals surface area contributed by atoms with Crippen LogP contribution in [0.15, 0.2) is 24.3 Å². The van der Waals surface area contributed by atoms with Gasteiger partial charge in [0.25, 0.3) is 0 Å². The molecule has 1 aromatic rings. The van der Waals surface area contributed by atoms with Crippen molar-refractivity contribution in [3.8, 4) is 0 Å². The number of carbonyl (C=O) groups excluding carboxylic acids is 1. The monoisotopic (exact) mass is 378 g/mol. The lowest BCUT2D eigenvalue weighted by molar-refractivity contribution is -0.119. The average molecular weight is 379 g/mol. The van der Waals surface area contributed by atoms with E-state index in [-0.39, 0.29) is 16.6 Å². The van der Waals surface area contributed by atoms with Gasteiger partial charge in [0.05, 0.1) is 5.56 Å². The number of hydrogen-bond donors (Lipinski definition) is 3. The molecule has 1 rings (SSSR count). The van der Waals surface area contributed by atoms with E-state index in [2.05, 4.69) is 17.6 Å². The molecular weight excluding hydrogens is 348 g/mol. The number of amides is 1. The van der Waals surface area contributed by atoms with E-state index in [1.807, 2.05) is 0 Å². The van der Waals surface area contributed by atoms with Gasteiger partial charge < -0.3 is 15.7 Å². The van der Waals surface area contributed by atoms with Gasteiger partial charge in [0.2, 0.25) is 5.91 Å². The van der Waals surface area contributed by atoms with Crippen molar-refractivity contribution >= 4 is 34.9 Å². The molecule has 0 aromatic heterocycles. The third-order valence-electron chi connectivity index (χ3n) is 4.15. The summed E-state index contributed by atoms with van der Waals surface area (Å²) in [5.41, 5.74) is 0.847. The smallest absolute Gasteiger partial charge is 0.335 e. The van der Waals surface area contributed by atoms with Gasteiger partial charge in [0.15, 0.2) is 5.11 Å². The van der Waals surface area contributed by atoms with Crippen molar-refractivity contribution in [1.29, 1.82) is 0 Å². The highest BCUT2D eigenvalue weighted by atomic mass is 32.1. The number of benzene rings is 1. The molecule has 0 saturated heterocycles. The molecule has 0 aliphatic rings. The molecule has 5 nitrogen and oxygen atoms in total. The largest absolute Gasteiger partial charge is 0.478 e. The molecule has 0 bridgehead atoms. The molecule has 1 aromatic carbocycles. The molecule has 1 amide bonds. The van der Waals surface area contributed by atoms with E-state index >= 15 is 0 Å². The Hall–Kier alpha value is -1.95. The van der Waals surface area contributed by atoms with Gasteiger partial charge in [0, 0.05) is 12.1 Å². The molecule has 0 spiro atoms. The Bertz CT molecular complexity index is 573. The number of nitrogens with one attached hydrogen (secondary N) is 2. The predicted octanol–water partition coefficient (Wildman–Crippen LogP) is 5.12. The number of hydrogen-bond acceptors (Lipinski definition) is 3. The Morgan fingerprint density at radius 3 is 2.00 bits per heavy atom. The number of unbranched alkanes of at least 4 members (excludes halogenated alkanes) is 8. The van der Waals surface area contributed by atoms with Gasteiger partial charge in [-0.25, -0.2) is 4.79 Å². The van der Waals surface area contributed by atoms with Crippen LogP contribution in [0.25, 0.3) is 0 Å². The van der Waals surface area contributed by atoms with Crippen molar-refractivity contribution in [2.24, 2.45) is 0 Å². The first kappa shape index (κ1) is 22.1. The summed E-state index contributed by atoms with van der Waals surface area (Å²) in [6.07, 6.45) is 11.4. The second kappa shape index (κ2) is 13.3. The van der Waals surface area contributed by atoms with E-state index in [0.717, 1.165) is 12.8 Å². The Balaban J connectivity index is 2.11. The maximum Gasteiger partial charge on any atom is 0.335 e. The summed E-state index contributed by atoms with van der Waals surface area (Å²) in [5.74, 6) is -1.07. The minimum Gasteiger partial charge on any atom is -0.478 e. The number of aromatic carboxylic acids is 1. The SMILES string of the molecule is CCCCCCCCCCCC(=O)NC(=S)Nc1ccc(C(=O)O)cc1. The molecule has 26 heavy (non-hydrogen) atoms. The molecular formula is C20H30N2O3S. The summed E-state index contributed by atoms with van der Waals surface area (Å²) in [7, 11) is 0. The molecule has 0 unspecified atom stereocenters. The quantitative estimate of drug-likeness (QED) is 0.347. The maximum absolute atomic E-state index is 11.9. The number of anilines is 1. The van der Waals surface area contributed by atoms with Crippen LogP contribution in [0.5, 0.6) is 0 Å². The highest BCUT2D eigenvalue weighted by Gasteiger charge is 2.06. The lowest BCUT2D eigenvalue weighted by Crippen LogP contribution is -2.33. The molecule has 0 radical (unpaired) electrons. The Morgan fingerprint density at radius 2 is 1.46 bits per heavy atom. The lowest BCUT2D eigenvalue weighted by Gasteiger charge is -2.09. The zero-order valence-corrected chi connectivity index (χ0v) is 16.4. The van der Waals surface area contributed by atoms with Crippen LogP contribution in [-0.4, -0.2) is 22.1 Å². The number of rotatable bonds is 12. The van der Waals surface area contributed by atoms with Crippen LogP contribution in [0, 0.1) is 0 Å². The summed E-state index contributed by atoms with van der Waals surface area (Å²) in [5, 5.41) is 14.6. The van der Waals surface area contributed by atoms with Crippen molar-refractivity contribution in [3.05, 3.63) is 29.8 Å². The van der Waals surface area contributed by atoms with E-state index < -0.39 is 5.97 Å². The zero-order chi connectivity index (χ0) is 19.2. The highest BCUT2D eigenvalue weighted by Crippen LogP contribution is 2.11. The second-order valence-corrected chi connectivity index (χ2v) is 6.87. The standard InChI is InChI=1S/C20H30N2O3S/c1-2-3-4-5-6-7-8-9-10-11-18(23)22-20(26)21-17-14-12-16(13-15-17)19(24)25/h12-15H,2-11H2,1H3,(H,24,25)(H2,21,22,23,26). The van der Waals surface area contributed by atoms with Crippen LogP contribution in [-0.2, 0) is 4.79 Å². The molecule has 0 aliphatic heterocycles. The van der Waals surface area contributed by atoms with Gasteiger partial charge in [0.1, 0.15) is 0 Å². The molecule has 0 aliphatic carbocycles. The van der Waals surface area contributed by atoms with Crippen molar-refractivity contribution in [2.45, 2.75) is 71.1 Å². The van der Waals surface area contributed by atoms with E-state index in [0.29, 0.717) is 12.1 Å². The number of carboxylic acid groups (broad SMARTS) is 1. The van der Waals surface area contributed by atoms with E-state index in [1.165, 1.54) is 57.1 Å². The van der Waals surface area contributed by atoms with Crippen molar-refractivity contribution in [1.82, 2.24) is 5.32 Å². The topological polar surface area (TPSA) is 78.4 Å². The minimum atomic E-state index is -0.978. The molecule has 6 heteroatoms. The molecule has 144 valence electrons. The van der Waals surface area contributed by atoms with Crippen molar-refractivity contribution in [2.75, 3.05) is 5.32 Å². The van der Waals surface area contributed by atoms with Gasteiger partial charge in [-0.3, -0.25) is 4.79 Å². The van der Waals surface area contributed by atoms with Crippen LogP contribution < -0.4 is 10.6 Å². The van der Waals surface area contributed by atoms with Gasteiger partial charge in [-0.05, 0) is 42.9 Å². The first-order valence-corrected chi connectivity index (χ1v) is 9.88. The Kier molecular flexibility index (Phi) is 11.3. The summed E-state index contributed by atoms with van der Waals surface area (Å²) < 4.78 is 0. The van der Waals surface area contributed by atoms with E-state index in [9.17, 15) is 9.59 Å². The van der Waals surface area contributed by atoms with Gasteiger partial charge in [-0.2, -0.15) is 0 Å². The van der Waals surface area contributed by atoms with Crippen LogP contribution in [0.3, 0.4) is 0 Å². The maximum atomic E-state index is 11.9. The van der Waals surface area contributed by atoms with Crippen molar-refractivity contribution < 1.29 is 14.7 Å². The van der Waals surface area contributed by atoms with Crippen LogP contribution in [0.4, 0.5) is 5.69 Å². The lowest BCUT2D eigenvalue weighted by atomic mass is 10.1. The van der Waals surface area contributed by atoms with Gasteiger partial charge >= 0.3 is 5.97 Å². The van der Waals surface area contributed by atoms with Gasteiger partial charge in [-0.1, -0.05) is 58.3 Å². The normalized spacial score (nSPS) is 10.3. The Morgan fingerprint density at radius 1 is 0.923 bits per heavy atom. The molecule has 0 atom stereocenters. The molecule has 0 fully saturated rings. The van der Waals surface area contributed by atoms with E-state index in [4.69, 9.17) is 17.3 Å². The first-order valence-electron chi connectivity index (χ1n) is 9.47. The van der Waals surface area contributed by atoms with Crippen LogP contribution >= 0.6 is 12.2 Å². The van der Waals surface area contributed by atoms with Crippen molar-refractivity contribution in [3.63, 3.8) is 0 Å². The Labute approximate surface area is 161 Å². The number of thiocarbonyl (C=S) groups is 1. The molecule has 3 N–H and O–H groups in total. The minimum absolute atomic E-state index is 0.0902. The third kappa shape index (κ3) is 10.1. The number of carboxylic acids is 1. The van der Waals surface area contributed by atoms with E-state index in [1.54, 1.807) is 12.1 Å².